The van der Waals surface area contributed by atoms with Gasteiger partial charge in [0.1, 0.15) is 0 Å². The minimum absolute atomic E-state index is 0. The largest absolute Gasteiger partial charge is 0.303 e. The Bertz CT molecular complexity index is 1420. The van der Waals surface area contributed by atoms with Crippen LogP contribution in [0.5, 0.6) is 0 Å². The van der Waals surface area contributed by atoms with Crippen LogP contribution in [0.1, 0.15) is 60.3 Å². The van der Waals surface area contributed by atoms with Gasteiger partial charge in [-0.1, -0.05) is 109 Å². The van der Waals surface area contributed by atoms with E-state index >= 15 is 0 Å². The van der Waals surface area contributed by atoms with Crippen LogP contribution in [0.3, 0.4) is 0 Å². The molecule has 1 N–H and O–H groups in total. The van der Waals surface area contributed by atoms with E-state index in [-0.39, 0.29) is 17.8 Å². The molecule has 5 rings (SSSR count). The lowest BCUT2D eigenvalue weighted by Crippen LogP contribution is -2.37. The third-order valence-corrected chi connectivity index (χ3v) is 10.2. The lowest BCUT2D eigenvalue weighted by molar-refractivity contribution is 0.203. The maximum atomic E-state index is 13.1. The summed E-state index contributed by atoms with van der Waals surface area (Å²) in [5.74, 6) is 0.654. The summed E-state index contributed by atoms with van der Waals surface area (Å²) in [5, 5.41) is 0. The lowest BCUT2D eigenvalue weighted by atomic mass is 9.69. The molecular formula is C36H43ClN2O2S. The number of hydrogen-bond donors (Lipinski definition) is 1. The van der Waals surface area contributed by atoms with Crippen molar-refractivity contribution in [2.24, 2.45) is 0 Å². The molecule has 6 heteroatoms. The molecule has 4 nitrogen and oxygen atoms in total. The Balaban J connectivity index is 0.00000405. The highest BCUT2D eigenvalue weighted by Crippen LogP contribution is 2.40. The third-order valence-electron chi connectivity index (χ3n) is 8.76. The van der Waals surface area contributed by atoms with Crippen LogP contribution in [0.15, 0.2) is 120 Å². The highest BCUT2D eigenvalue weighted by molar-refractivity contribution is 7.89. The molecule has 0 saturated carbocycles. The second-order valence-corrected chi connectivity index (χ2v) is 13.2. The topological polar surface area (TPSA) is 49.4 Å². The summed E-state index contributed by atoms with van der Waals surface area (Å²) in [4.78, 5) is 2.92. The number of halogens is 1. The van der Waals surface area contributed by atoms with Gasteiger partial charge >= 0.3 is 0 Å². The molecule has 0 aliphatic carbocycles. The van der Waals surface area contributed by atoms with Crippen molar-refractivity contribution in [3.05, 3.63) is 138 Å². The number of hydrogen-bond acceptors (Lipinski definition) is 3. The number of nitrogens with zero attached hydrogens (tertiary/aromatic N) is 1. The van der Waals surface area contributed by atoms with E-state index in [9.17, 15) is 8.42 Å². The van der Waals surface area contributed by atoms with Crippen LogP contribution in [0.2, 0.25) is 0 Å². The number of nitrogens with one attached hydrogen (secondary N) is 1. The molecule has 1 saturated heterocycles. The second-order valence-electron chi connectivity index (χ2n) is 11.4. The van der Waals surface area contributed by atoms with Gasteiger partial charge < -0.3 is 4.90 Å². The van der Waals surface area contributed by atoms with Gasteiger partial charge in [0, 0.05) is 12.0 Å². The van der Waals surface area contributed by atoms with Crippen LogP contribution in [0, 0.1) is 6.92 Å². The van der Waals surface area contributed by atoms with Crippen LogP contribution in [0.25, 0.3) is 0 Å². The molecule has 0 radical (unpaired) electrons. The van der Waals surface area contributed by atoms with Gasteiger partial charge in [0.25, 0.3) is 0 Å². The Morgan fingerprint density at radius 3 is 1.81 bits per heavy atom. The van der Waals surface area contributed by atoms with E-state index in [0.717, 1.165) is 38.0 Å². The first kappa shape index (κ1) is 32.0. The van der Waals surface area contributed by atoms with Crippen molar-refractivity contribution in [2.45, 2.75) is 55.3 Å². The average Bonchev–Trinajstić information content (AvgIpc) is 3.02. The van der Waals surface area contributed by atoms with Crippen molar-refractivity contribution in [2.75, 3.05) is 26.2 Å². The van der Waals surface area contributed by atoms with Crippen molar-refractivity contribution in [3.63, 3.8) is 0 Å². The minimum atomic E-state index is -3.59. The summed E-state index contributed by atoms with van der Waals surface area (Å²) in [6.07, 6.45) is 5.08. The molecule has 222 valence electrons. The number of sulfonamides is 1. The summed E-state index contributed by atoms with van der Waals surface area (Å²) in [6, 6.07) is 39.3. The van der Waals surface area contributed by atoms with E-state index in [1.807, 2.05) is 19.1 Å². The summed E-state index contributed by atoms with van der Waals surface area (Å²) in [6.45, 7) is 5.63. The standard InChI is InChI=1S/C36H42N2O2S.ClH/c1-30-18-20-35(21-19-30)41(39,40)37-26-25-36(33-14-7-3-8-15-33,34-16-9-4-10-17-34)24-11-27-38-28-22-32(23-29-38)31-12-5-2-6-13-31;/h2-10,12-21,32,37H,11,22-29H2,1H3;1H. The summed E-state index contributed by atoms with van der Waals surface area (Å²) >= 11 is 0. The normalized spacial score (nSPS) is 14.8. The van der Waals surface area contributed by atoms with Crippen LogP contribution in [-0.4, -0.2) is 39.5 Å². The Labute approximate surface area is 258 Å². The fraction of sp³-hybridized carbons (Fsp3) is 0.333. The monoisotopic (exact) mass is 602 g/mol. The molecule has 42 heavy (non-hydrogen) atoms. The maximum Gasteiger partial charge on any atom is 0.240 e. The summed E-state index contributed by atoms with van der Waals surface area (Å²) in [7, 11) is -3.59. The van der Waals surface area contributed by atoms with Gasteiger partial charge in [0.15, 0.2) is 0 Å². The molecule has 1 aliphatic rings. The fourth-order valence-corrected chi connectivity index (χ4v) is 7.43. The molecule has 4 aromatic rings. The molecule has 0 bridgehead atoms. The van der Waals surface area contributed by atoms with Crippen molar-refractivity contribution in [3.8, 4) is 0 Å². The molecule has 0 amide bonds. The van der Waals surface area contributed by atoms with Crippen molar-refractivity contribution in [1.29, 1.82) is 0 Å². The van der Waals surface area contributed by atoms with Crippen LogP contribution in [0.4, 0.5) is 0 Å². The highest BCUT2D eigenvalue weighted by Gasteiger charge is 2.34. The van der Waals surface area contributed by atoms with Crippen molar-refractivity contribution in [1.82, 2.24) is 9.62 Å². The zero-order valence-corrected chi connectivity index (χ0v) is 26.1. The molecule has 1 heterocycles. The number of piperidine rings is 1. The second kappa shape index (κ2) is 15.0. The quantitative estimate of drug-likeness (QED) is 0.180. The first-order chi connectivity index (χ1) is 20.0. The number of aryl methyl sites for hydroxylation is 1. The molecule has 0 spiro atoms. The Morgan fingerprint density at radius 1 is 0.738 bits per heavy atom. The van der Waals surface area contributed by atoms with Gasteiger partial charge in [-0.3, -0.25) is 0 Å². The first-order valence-electron chi connectivity index (χ1n) is 14.9. The lowest BCUT2D eigenvalue weighted by Gasteiger charge is -2.37. The van der Waals surface area contributed by atoms with Crippen LogP contribution >= 0.6 is 12.4 Å². The molecular weight excluding hydrogens is 560 g/mol. The first-order valence-corrected chi connectivity index (χ1v) is 16.4. The molecule has 0 atom stereocenters. The number of rotatable bonds is 12. The van der Waals surface area contributed by atoms with Crippen molar-refractivity contribution < 1.29 is 8.42 Å². The SMILES string of the molecule is Cc1ccc(S(=O)(=O)NCCC(CCCN2CCC(c3ccccc3)CC2)(c2ccccc2)c2ccccc2)cc1.Cl. The van der Waals surface area contributed by atoms with Gasteiger partial charge in [-0.2, -0.15) is 0 Å². The summed E-state index contributed by atoms with van der Waals surface area (Å²) < 4.78 is 29.2. The zero-order chi connectivity index (χ0) is 28.5. The fourth-order valence-electron chi connectivity index (χ4n) is 6.40. The predicted octanol–water partition coefficient (Wildman–Crippen LogP) is 7.73. The van der Waals surface area contributed by atoms with E-state index < -0.39 is 10.0 Å². The molecule has 0 aromatic heterocycles. The van der Waals surface area contributed by atoms with E-state index in [1.165, 1.54) is 29.5 Å². The van der Waals surface area contributed by atoms with Crippen molar-refractivity contribution >= 4 is 22.4 Å². The van der Waals surface area contributed by atoms with Gasteiger partial charge in [0.2, 0.25) is 10.0 Å². The Kier molecular flexibility index (Phi) is 11.4. The Morgan fingerprint density at radius 2 is 1.26 bits per heavy atom. The number of benzene rings is 4. The zero-order valence-electron chi connectivity index (χ0n) is 24.5. The third kappa shape index (κ3) is 7.90. The maximum absolute atomic E-state index is 13.1. The van der Waals surface area contributed by atoms with E-state index in [2.05, 4.69) is 101 Å². The molecule has 1 fully saturated rings. The Hall–Kier alpha value is -2.96. The predicted molar refractivity (Wildman–Crippen MR) is 176 cm³/mol. The molecule has 1 aliphatic heterocycles. The average molecular weight is 603 g/mol. The minimum Gasteiger partial charge on any atom is -0.303 e. The van der Waals surface area contributed by atoms with Gasteiger partial charge in [-0.15, -0.1) is 12.4 Å². The summed E-state index contributed by atoms with van der Waals surface area (Å²) in [5.41, 5.74) is 4.69. The van der Waals surface area contributed by atoms with Gasteiger partial charge in [-0.25, -0.2) is 13.1 Å². The molecule has 0 unspecified atom stereocenters. The van der Waals surface area contributed by atoms with Gasteiger partial charge in [0.05, 0.1) is 4.90 Å². The van der Waals surface area contributed by atoms with Crippen LogP contribution in [-0.2, 0) is 15.4 Å². The van der Waals surface area contributed by atoms with E-state index in [0.29, 0.717) is 23.8 Å². The number of likely N-dealkylation sites (tertiary alicyclic amines) is 1. The van der Waals surface area contributed by atoms with Gasteiger partial charge in [-0.05, 0) is 93.4 Å². The molecule has 4 aromatic carbocycles. The van der Waals surface area contributed by atoms with Crippen LogP contribution < -0.4 is 4.72 Å². The smallest absolute Gasteiger partial charge is 0.240 e. The van der Waals surface area contributed by atoms with E-state index in [1.54, 1.807) is 12.1 Å². The highest BCUT2D eigenvalue weighted by atomic mass is 35.5. The van der Waals surface area contributed by atoms with E-state index in [4.69, 9.17) is 0 Å².